The minimum atomic E-state index is -0.698. The number of hydrogen-bond acceptors (Lipinski definition) is 8. The van der Waals surface area contributed by atoms with Crippen molar-refractivity contribution < 1.29 is 38.1 Å². The Morgan fingerprint density at radius 1 is 0.438 bits per heavy atom. The Morgan fingerprint density at radius 2 is 0.750 bits per heavy atom. The van der Waals surface area contributed by atoms with Crippen LogP contribution in [0.5, 0.6) is 0 Å². The number of esters is 4. The molecule has 2 aromatic carbocycles. The van der Waals surface area contributed by atoms with Crippen molar-refractivity contribution in [3.05, 3.63) is 95.1 Å². The van der Waals surface area contributed by atoms with Crippen molar-refractivity contribution >= 4 is 23.9 Å². The van der Waals surface area contributed by atoms with Crippen LogP contribution < -0.4 is 0 Å². The van der Waals surface area contributed by atoms with E-state index in [1.165, 1.54) is 0 Å². The van der Waals surface area contributed by atoms with Gasteiger partial charge in [-0.05, 0) is 28.3 Å². The molecule has 2 aliphatic heterocycles. The van der Waals surface area contributed by atoms with Crippen LogP contribution in [0.25, 0.3) is 0 Å². The highest BCUT2D eigenvalue weighted by molar-refractivity contribution is 5.92. The second kappa shape index (κ2) is 11.3. The summed E-state index contributed by atoms with van der Waals surface area (Å²) in [5, 5.41) is 0. The van der Waals surface area contributed by atoms with Crippen LogP contribution in [0.2, 0.25) is 0 Å². The van der Waals surface area contributed by atoms with Crippen LogP contribution in [-0.4, -0.2) is 23.9 Å². The molecular formula is C24H20O8. The van der Waals surface area contributed by atoms with Gasteiger partial charge in [-0.3, -0.25) is 0 Å². The third-order valence-corrected chi connectivity index (χ3v) is 4.25. The van der Waals surface area contributed by atoms with Gasteiger partial charge in [-0.2, -0.15) is 0 Å². The van der Waals surface area contributed by atoms with Crippen LogP contribution in [0.4, 0.5) is 0 Å². The van der Waals surface area contributed by atoms with E-state index in [1.807, 2.05) is 0 Å². The van der Waals surface area contributed by atoms with E-state index < -0.39 is 23.9 Å². The van der Waals surface area contributed by atoms with E-state index >= 15 is 0 Å². The lowest BCUT2D eigenvalue weighted by atomic mass is 10.1. The highest BCUT2D eigenvalue weighted by atomic mass is 16.5. The molecule has 0 atom stereocenters. The molecule has 0 N–H and O–H groups in total. The van der Waals surface area contributed by atoms with Crippen molar-refractivity contribution in [3.63, 3.8) is 0 Å². The van der Waals surface area contributed by atoms with Crippen molar-refractivity contribution in [2.75, 3.05) is 0 Å². The molecule has 2 heterocycles. The Labute approximate surface area is 184 Å². The first-order valence-corrected chi connectivity index (χ1v) is 9.67. The van der Waals surface area contributed by atoms with Crippen LogP contribution in [0.1, 0.15) is 22.3 Å². The second-order valence-corrected chi connectivity index (χ2v) is 6.73. The van der Waals surface area contributed by atoms with Gasteiger partial charge >= 0.3 is 23.9 Å². The maximum atomic E-state index is 11.8. The number of hydrogen-bond donors (Lipinski definition) is 0. The van der Waals surface area contributed by atoms with Crippen LogP contribution in [0, 0.1) is 0 Å². The van der Waals surface area contributed by atoms with E-state index in [2.05, 4.69) is 0 Å². The molecule has 0 aromatic heterocycles. The quantitative estimate of drug-likeness (QED) is 0.459. The molecule has 32 heavy (non-hydrogen) atoms. The molecule has 164 valence electrons. The van der Waals surface area contributed by atoms with E-state index in [4.69, 9.17) is 18.9 Å². The van der Waals surface area contributed by atoms with Crippen LogP contribution in [0.15, 0.2) is 72.8 Å². The van der Waals surface area contributed by atoms with Crippen molar-refractivity contribution in [1.82, 2.24) is 0 Å². The number of ether oxygens (including phenoxy) is 4. The van der Waals surface area contributed by atoms with Gasteiger partial charge in [0.15, 0.2) is 0 Å². The lowest BCUT2D eigenvalue weighted by Gasteiger charge is -2.06. The van der Waals surface area contributed by atoms with Gasteiger partial charge in [0.1, 0.15) is 26.4 Å². The Kier molecular flexibility index (Phi) is 7.91. The molecule has 2 aliphatic rings. The molecule has 8 nitrogen and oxygen atoms in total. The lowest BCUT2D eigenvalue weighted by Crippen LogP contribution is -2.05. The van der Waals surface area contributed by atoms with Crippen molar-refractivity contribution in [1.29, 1.82) is 0 Å². The second-order valence-electron chi connectivity index (χ2n) is 6.73. The number of rotatable bonds is 0. The van der Waals surface area contributed by atoms with E-state index in [-0.39, 0.29) is 26.4 Å². The average molecular weight is 436 g/mol. The molecule has 0 unspecified atom stereocenters. The smallest absolute Gasteiger partial charge is 0.331 e. The van der Waals surface area contributed by atoms with E-state index in [0.29, 0.717) is 22.3 Å². The van der Waals surface area contributed by atoms with Gasteiger partial charge in [0.25, 0.3) is 0 Å². The first-order valence-electron chi connectivity index (χ1n) is 9.67. The molecule has 0 radical (unpaired) electrons. The number of benzene rings is 2. The summed E-state index contributed by atoms with van der Waals surface area (Å²) in [5.74, 6) is -2.77. The van der Waals surface area contributed by atoms with E-state index in [1.54, 1.807) is 48.5 Å². The van der Waals surface area contributed by atoms with Gasteiger partial charge in [-0.15, -0.1) is 0 Å². The van der Waals surface area contributed by atoms with Gasteiger partial charge in [0.2, 0.25) is 0 Å². The molecule has 0 aliphatic carbocycles. The molecule has 0 saturated heterocycles. The van der Waals surface area contributed by atoms with Gasteiger partial charge in [0.05, 0.1) is 0 Å². The standard InChI is InChI=1S/C24H20O8/c25-21-8-10-23(27)31-15-19-2-1-3-20(12-19)16-32-24(28)11-9-22(26)30-14-18-6-4-17(5-7-18)13-29-21/h1-12H,13-16H2/b10-8-,11-9-. The van der Waals surface area contributed by atoms with Crippen molar-refractivity contribution in [2.45, 2.75) is 26.4 Å². The SMILES string of the molecule is O=C1/C=C\C(=O)OCc2cccc(c2)COC(=O)/C=C\C(=O)OCc2ccc(cc2)CO1. The fourth-order valence-electron chi connectivity index (χ4n) is 2.62. The molecule has 0 amide bonds. The molecule has 4 rings (SSSR count). The summed E-state index contributed by atoms with van der Waals surface area (Å²) < 4.78 is 20.4. The molecule has 0 fully saturated rings. The van der Waals surface area contributed by atoms with E-state index in [9.17, 15) is 19.2 Å². The average Bonchev–Trinajstić information content (AvgIpc) is 2.81. The summed E-state index contributed by atoms with van der Waals surface area (Å²) in [5.41, 5.74) is 2.77. The molecule has 4 bridgehead atoms. The van der Waals surface area contributed by atoms with E-state index in [0.717, 1.165) is 24.3 Å². The first kappa shape index (κ1) is 22.5. The largest absolute Gasteiger partial charge is 0.458 e. The summed E-state index contributed by atoms with van der Waals surface area (Å²) in [6.07, 6.45) is 3.98. The Bertz CT molecular complexity index is 970. The zero-order chi connectivity index (χ0) is 22.8. The summed E-state index contributed by atoms with van der Waals surface area (Å²) in [6.45, 7) is -0.0396. The topological polar surface area (TPSA) is 105 Å². The molecule has 0 saturated carbocycles. The van der Waals surface area contributed by atoms with Gasteiger partial charge in [-0.1, -0.05) is 42.5 Å². The predicted octanol–water partition coefficient (Wildman–Crippen LogP) is 2.69. The van der Waals surface area contributed by atoms with Gasteiger partial charge < -0.3 is 18.9 Å². The third kappa shape index (κ3) is 7.56. The maximum Gasteiger partial charge on any atom is 0.331 e. The third-order valence-electron chi connectivity index (χ3n) is 4.25. The predicted molar refractivity (Wildman–Crippen MR) is 110 cm³/mol. The molecule has 8 heteroatoms. The lowest BCUT2D eigenvalue weighted by molar-refractivity contribution is -0.141. The van der Waals surface area contributed by atoms with Crippen molar-refractivity contribution in [2.24, 2.45) is 0 Å². The molecule has 2 aromatic rings. The fourth-order valence-corrected chi connectivity index (χ4v) is 2.62. The summed E-state index contributed by atoms with van der Waals surface area (Å²) in [4.78, 5) is 47.3. The summed E-state index contributed by atoms with van der Waals surface area (Å²) >= 11 is 0. The van der Waals surface area contributed by atoms with Crippen molar-refractivity contribution in [3.8, 4) is 0 Å². The van der Waals surface area contributed by atoms with Crippen LogP contribution in [-0.2, 0) is 64.6 Å². The van der Waals surface area contributed by atoms with Crippen LogP contribution in [0.3, 0.4) is 0 Å². The van der Waals surface area contributed by atoms with Gasteiger partial charge in [-0.25, -0.2) is 19.2 Å². The highest BCUT2D eigenvalue weighted by Gasteiger charge is 2.07. The molecule has 0 spiro atoms. The minimum absolute atomic E-state index is 0.00985. The Balaban J connectivity index is 1.71. The van der Waals surface area contributed by atoms with Crippen LogP contribution >= 0.6 is 0 Å². The van der Waals surface area contributed by atoms with Gasteiger partial charge in [0, 0.05) is 24.3 Å². The number of carbonyl (C=O) groups is 4. The zero-order valence-corrected chi connectivity index (χ0v) is 17.0. The monoisotopic (exact) mass is 436 g/mol. The fraction of sp³-hybridized carbons (Fsp3) is 0.167. The minimum Gasteiger partial charge on any atom is -0.458 e. The Morgan fingerprint density at radius 3 is 1.09 bits per heavy atom. The first-order chi connectivity index (χ1) is 15.5. The number of carbonyl (C=O) groups excluding carboxylic acids is 4. The normalized spacial score (nSPS) is 18.0. The molecular weight excluding hydrogens is 416 g/mol. The Hall–Kier alpha value is -4.20. The summed E-state index contributed by atoms with van der Waals surface area (Å²) in [7, 11) is 0. The number of fused-ring (bicyclic) bond motifs is 14. The highest BCUT2D eigenvalue weighted by Crippen LogP contribution is 2.10. The summed E-state index contributed by atoms with van der Waals surface area (Å²) in [6, 6.07) is 13.8. The zero-order valence-electron chi connectivity index (χ0n) is 17.0. The maximum absolute atomic E-state index is 11.8.